The van der Waals surface area contributed by atoms with Crippen molar-refractivity contribution in [3.63, 3.8) is 0 Å². The molecule has 3 aliphatic rings. The predicted molar refractivity (Wildman–Crippen MR) is 87.4 cm³/mol. The van der Waals surface area contributed by atoms with E-state index < -0.39 is 11.2 Å². The van der Waals surface area contributed by atoms with Gasteiger partial charge in [-0.25, -0.2) is 0 Å². The van der Waals surface area contributed by atoms with E-state index in [1.54, 1.807) is 12.3 Å². The largest absolute Gasteiger partial charge is 0.346 e. The molecule has 1 aromatic carbocycles. The van der Waals surface area contributed by atoms with Crippen molar-refractivity contribution in [3.8, 4) is 0 Å². The van der Waals surface area contributed by atoms with E-state index in [-0.39, 0.29) is 22.7 Å². The molecule has 1 heterocycles. The number of hydrogen-bond acceptors (Lipinski definition) is 5. The Kier molecular flexibility index (Phi) is 3.31. The third-order valence-corrected chi connectivity index (χ3v) is 6.24. The van der Waals surface area contributed by atoms with E-state index in [1.807, 2.05) is 18.2 Å². The van der Waals surface area contributed by atoms with Crippen LogP contribution in [-0.2, 0) is 19.7 Å². The van der Waals surface area contributed by atoms with Crippen LogP contribution >= 0.6 is 11.8 Å². The Morgan fingerprint density at radius 3 is 2.91 bits per heavy atom. The number of carbonyl (C=O) groups excluding carboxylic acids is 2. The molecule has 0 aromatic heterocycles. The number of rotatable bonds is 2. The number of Topliss-reactive ketones (excluding diaryl/α,β-unsaturated/α-hetero) is 1. The van der Waals surface area contributed by atoms with Gasteiger partial charge in [-0.1, -0.05) is 48.2 Å². The lowest BCUT2D eigenvalue weighted by atomic mass is 9.55. The van der Waals surface area contributed by atoms with E-state index in [4.69, 9.17) is 9.47 Å². The van der Waals surface area contributed by atoms with Crippen molar-refractivity contribution in [2.45, 2.75) is 17.6 Å². The van der Waals surface area contributed by atoms with Crippen LogP contribution < -0.4 is 0 Å². The number of thioether (sulfide) groups is 1. The van der Waals surface area contributed by atoms with Gasteiger partial charge in [-0.3, -0.25) is 9.59 Å². The molecule has 2 aliphatic carbocycles. The summed E-state index contributed by atoms with van der Waals surface area (Å²) in [5, 5.41) is 0.0729. The third-order valence-electron chi connectivity index (χ3n) is 5.50. The van der Waals surface area contributed by atoms with Crippen LogP contribution in [0, 0.1) is 11.8 Å². The van der Waals surface area contributed by atoms with Crippen LogP contribution in [0.2, 0.25) is 0 Å². The first-order chi connectivity index (χ1) is 11.1. The highest BCUT2D eigenvalue weighted by molar-refractivity contribution is 8.13. The lowest BCUT2D eigenvalue weighted by Gasteiger charge is -2.50. The topological polar surface area (TPSA) is 52.6 Å². The van der Waals surface area contributed by atoms with Crippen LogP contribution in [0.25, 0.3) is 0 Å². The van der Waals surface area contributed by atoms with E-state index >= 15 is 0 Å². The Morgan fingerprint density at radius 2 is 2.17 bits per heavy atom. The Hall–Kier alpha value is -1.43. The van der Waals surface area contributed by atoms with E-state index in [9.17, 15) is 9.59 Å². The van der Waals surface area contributed by atoms with Gasteiger partial charge in [0.05, 0.1) is 12.0 Å². The summed E-state index contributed by atoms with van der Waals surface area (Å²) in [7, 11) is 1.50. The second kappa shape index (κ2) is 5.03. The van der Waals surface area contributed by atoms with Crippen molar-refractivity contribution < 1.29 is 19.1 Å². The molecule has 120 valence electrons. The number of fused-ring (bicyclic) bond motifs is 2. The Bertz CT molecular complexity index is 727. The maximum absolute atomic E-state index is 13.1. The summed E-state index contributed by atoms with van der Waals surface area (Å²) in [5.74, 6) is -1.82. The molecule has 0 spiro atoms. The van der Waals surface area contributed by atoms with Crippen LogP contribution in [0.3, 0.4) is 0 Å². The fraction of sp³-hybridized carbons (Fsp3) is 0.444. The molecule has 4 atom stereocenters. The minimum Gasteiger partial charge on any atom is -0.346 e. The first-order valence-electron chi connectivity index (χ1n) is 7.70. The van der Waals surface area contributed by atoms with Crippen molar-refractivity contribution in [2.24, 2.45) is 11.8 Å². The summed E-state index contributed by atoms with van der Waals surface area (Å²) in [6.45, 7) is 0.401. The van der Waals surface area contributed by atoms with Gasteiger partial charge in [0.2, 0.25) is 11.6 Å². The summed E-state index contributed by atoms with van der Waals surface area (Å²) < 4.78 is 11.6. The van der Waals surface area contributed by atoms with Crippen LogP contribution in [0.1, 0.15) is 22.3 Å². The zero-order valence-electron chi connectivity index (χ0n) is 13.1. The monoisotopic (exact) mass is 330 g/mol. The number of ether oxygens (including phenoxy) is 2. The standard InChI is InChI=1S/C18H18O4S/c1-21-18-14-11(10-22-18)6-5-9-17(14,16(20)23-2)13-8-4-3-7-12(13)15(18)19/h3-8,11,14H,9-10H2,1-2H3/t11-,14+,17-,18+/m1/s1. The van der Waals surface area contributed by atoms with E-state index in [2.05, 4.69) is 12.2 Å². The first kappa shape index (κ1) is 15.1. The predicted octanol–water partition coefficient (Wildman–Crippen LogP) is 2.58. The molecular weight excluding hydrogens is 312 g/mol. The van der Waals surface area contributed by atoms with Crippen molar-refractivity contribution in [1.29, 1.82) is 0 Å². The van der Waals surface area contributed by atoms with Gasteiger partial charge in [0.1, 0.15) is 0 Å². The van der Waals surface area contributed by atoms with Crippen LogP contribution in [0.5, 0.6) is 0 Å². The summed E-state index contributed by atoms with van der Waals surface area (Å²) in [4.78, 5) is 26.2. The van der Waals surface area contributed by atoms with Crippen LogP contribution in [0.15, 0.2) is 36.4 Å². The van der Waals surface area contributed by atoms with Crippen molar-refractivity contribution in [3.05, 3.63) is 47.5 Å². The SMILES string of the molecule is CO[C@@]12OC[C@H]3C=CC[C@@](C(=O)SC)(c4ccccc4C1=O)[C@H]32. The third kappa shape index (κ3) is 1.65. The number of benzene rings is 1. The van der Waals surface area contributed by atoms with Crippen LogP contribution in [-0.4, -0.2) is 36.7 Å². The van der Waals surface area contributed by atoms with E-state index in [1.165, 1.54) is 18.9 Å². The fourth-order valence-electron chi connectivity index (χ4n) is 4.62. The quantitative estimate of drug-likeness (QED) is 0.780. The minimum absolute atomic E-state index is 0.0112. The summed E-state index contributed by atoms with van der Waals surface area (Å²) in [6.07, 6.45) is 6.50. The van der Waals surface area contributed by atoms with Crippen molar-refractivity contribution >= 4 is 22.7 Å². The second-order valence-electron chi connectivity index (χ2n) is 6.29. The van der Waals surface area contributed by atoms with Gasteiger partial charge in [0.15, 0.2) is 5.12 Å². The highest BCUT2D eigenvalue weighted by atomic mass is 32.2. The molecule has 1 aliphatic heterocycles. The van der Waals surface area contributed by atoms with Gasteiger partial charge in [-0.2, -0.15) is 0 Å². The summed E-state index contributed by atoms with van der Waals surface area (Å²) in [5.41, 5.74) is 0.598. The molecule has 4 rings (SSSR count). The fourth-order valence-corrected chi connectivity index (χ4v) is 5.31. The summed E-state index contributed by atoms with van der Waals surface area (Å²) in [6, 6.07) is 7.40. The number of allylic oxidation sites excluding steroid dienone is 1. The minimum atomic E-state index is -1.35. The van der Waals surface area contributed by atoms with Gasteiger partial charge in [0.25, 0.3) is 0 Å². The number of hydrogen-bond donors (Lipinski definition) is 0. The van der Waals surface area contributed by atoms with Crippen molar-refractivity contribution in [2.75, 3.05) is 20.0 Å². The summed E-state index contributed by atoms with van der Waals surface area (Å²) >= 11 is 1.22. The number of carbonyl (C=O) groups is 2. The zero-order chi connectivity index (χ0) is 16.2. The highest BCUT2D eigenvalue weighted by Gasteiger charge is 2.69. The highest BCUT2D eigenvalue weighted by Crippen LogP contribution is 2.59. The van der Waals surface area contributed by atoms with Crippen molar-refractivity contribution in [1.82, 2.24) is 0 Å². The molecule has 4 nitrogen and oxygen atoms in total. The normalized spacial score (nSPS) is 37.4. The molecule has 0 bridgehead atoms. The maximum atomic E-state index is 13.1. The smallest absolute Gasteiger partial charge is 0.238 e. The van der Waals surface area contributed by atoms with E-state index in [0.717, 1.165) is 5.56 Å². The Labute approximate surface area is 139 Å². The Morgan fingerprint density at radius 1 is 1.39 bits per heavy atom. The molecule has 1 fully saturated rings. The number of ketones is 1. The lowest BCUT2D eigenvalue weighted by Crippen LogP contribution is -2.62. The molecule has 0 radical (unpaired) electrons. The van der Waals surface area contributed by atoms with Gasteiger partial charge in [-0.05, 0) is 18.2 Å². The molecule has 5 heteroatoms. The van der Waals surface area contributed by atoms with Gasteiger partial charge in [-0.15, -0.1) is 0 Å². The Balaban J connectivity index is 2.08. The number of methoxy groups -OCH3 is 1. The average molecular weight is 330 g/mol. The van der Waals surface area contributed by atoms with Gasteiger partial charge in [0, 0.05) is 24.5 Å². The molecule has 0 amide bonds. The van der Waals surface area contributed by atoms with Gasteiger partial charge < -0.3 is 9.47 Å². The molecular formula is C18H18O4S. The molecule has 1 saturated heterocycles. The average Bonchev–Trinajstić information content (AvgIpc) is 3.00. The first-order valence-corrected chi connectivity index (χ1v) is 8.93. The second-order valence-corrected chi connectivity index (χ2v) is 7.07. The molecule has 0 N–H and O–H groups in total. The molecule has 0 unspecified atom stereocenters. The molecule has 0 saturated carbocycles. The molecule has 23 heavy (non-hydrogen) atoms. The van der Waals surface area contributed by atoms with Gasteiger partial charge >= 0.3 is 0 Å². The molecule has 1 aromatic rings. The van der Waals surface area contributed by atoms with E-state index in [0.29, 0.717) is 18.6 Å². The lowest BCUT2D eigenvalue weighted by molar-refractivity contribution is -0.192. The maximum Gasteiger partial charge on any atom is 0.238 e. The zero-order valence-corrected chi connectivity index (χ0v) is 13.9. The van der Waals surface area contributed by atoms with Crippen LogP contribution in [0.4, 0.5) is 0 Å².